The number of carboxylic acid groups (broad SMARTS) is 1. The van der Waals surface area contributed by atoms with Gasteiger partial charge < -0.3 is 10.0 Å². The third kappa shape index (κ3) is 4.70. The summed E-state index contributed by atoms with van der Waals surface area (Å²) in [6.45, 7) is 3.86. The van der Waals surface area contributed by atoms with Gasteiger partial charge in [0.1, 0.15) is 0 Å². The molecular formula is C19H18ClNO3. The Morgan fingerprint density at radius 1 is 1.17 bits per heavy atom. The Hall–Kier alpha value is -2.59. The van der Waals surface area contributed by atoms with Crippen LogP contribution in [-0.2, 0) is 16.0 Å². The van der Waals surface area contributed by atoms with Crippen molar-refractivity contribution in [2.24, 2.45) is 0 Å². The van der Waals surface area contributed by atoms with Gasteiger partial charge in [0.05, 0.1) is 12.8 Å². The molecule has 124 valence electrons. The Labute approximate surface area is 146 Å². The molecule has 0 saturated heterocycles. The second-order valence-corrected chi connectivity index (χ2v) is 5.69. The monoisotopic (exact) mass is 343 g/mol. The number of nitrogens with zero attached hydrogens (tertiary/aromatic N) is 1. The molecule has 0 unspecified atom stereocenters. The van der Waals surface area contributed by atoms with Crippen LogP contribution < -0.4 is 4.90 Å². The van der Waals surface area contributed by atoms with E-state index < -0.39 is 5.97 Å². The number of anilines is 1. The summed E-state index contributed by atoms with van der Waals surface area (Å²) in [6.07, 6.45) is 1.68. The predicted octanol–water partition coefficient (Wildman–Crippen LogP) is 4.03. The maximum Gasteiger partial charge on any atom is 0.305 e. The molecule has 0 aliphatic rings. The largest absolute Gasteiger partial charge is 0.481 e. The van der Waals surface area contributed by atoms with Crippen molar-refractivity contribution in [1.29, 1.82) is 0 Å². The lowest BCUT2D eigenvalue weighted by molar-refractivity contribution is -0.136. The van der Waals surface area contributed by atoms with Gasteiger partial charge in [-0.3, -0.25) is 9.59 Å². The van der Waals surface area contributed by atoms with Gasteiger partial charge in [0, 0.05) is 17.3 Å². The first-order valence-corrected chi connectivity index (χ1v) is 7.87. The van der Waals surface area contributed by atoms with E-state index in [0.717, 1.165) is 11.1 Å². The molecule has 1 amide bonds. The number of hydrogen-bond acceptors (Lipinski definition) is 2. The van der Waals surface area contributed by atoms with Crippen molar-refractivity contribution in [3.8, 4) is 0 Å². The molecule has 2 aromatic rings. The number of carboxylic acids is 1. The summed E-state index contributed by atoms with van der Waals surface area (Å²) in [5.41, 5.74) is 2.27. The average molecular weight is 344 g/mol. The average Bonchev–Trinajstić information content (AvgIpc) is 2.57. The van der Waals surface area contributed by atoms with Gasteiger partial charge in [-0.15, -0.1) is 0 Å². The summed E-state index contributed by atoms with van der Waals surface area (Å²) < 4.78 is 0. The number of halogens is 1. The number of rotatable bonds is 7. The topological polar surface area (TPSA) is 57.6 Å². The van der Waals surface area contributed by atoms with Crippen LogP contribution in [0.15, 0.2) is 55.1 Å². The molecule has 2 aromatic carbocycles. The number of aliphatic carboxylic acids is 1. The van der Waals surface area contributed by atoms with E-state index in [-0.39, 0.29) is 25.3 Å². The molecule has 5 heteroatoms. The van der Waals surface area contributed by atoms with Crippen molar-refractivity contribution >= 4 is 35.2 Å². The summed E-state index contributed by atoms with van der Waals surface area (Å²) in [4.78, 5) is 25.1. The normalized spacial score (nSPS) is 10.2. The van der Waals surface area contributed by atoms with Crippen LogP contribution in [-0.4, -0.2) is 23.5 Å². The second kappa shape index (κ2) is 8.31. The molecule has 0 saturated carbocycles. The fourth-order valence-electron chi connectivity index (χ4n) is 2.39. The molecule has 0 atom stereocenters. The lowest BCUT2D eigenvalue weighted by Crippen LogP contribution is -2.34. The van der Waals surface area contributed by atoms with E-state index in [1.54, 1.807) is 36.4 Å². The van der Waals surface area contributed by atoms with Crippen LogP contribution in [0.2, 0.25) is 5.02 Å². The van der Waals surface area contributed by atoms with Gasteiger partial charge in [-0.05, 0) is 35.4 Å². The van der Waals surface area contributed by atoms with Gasteiger partial charge in [-0.2, -0.15) is 0 Å². The minimum atomic E-state index is -0.943. The van der Waals surface area contributed by atoms with E-state index in [9.17, 15) is 9.59 Å². The lowest BCUT2D eigenvalue weighted by atomic mass is 10.0. The smallest absolute Gasteiger partial charge is 0.305 e. The lowest BCUT2D eigenvalue weighted by Gasteiger charge is -2.22. The zero-order valence-corrected chi connectivity index (χ0v) is 13.9. The zero-order chi connectivity index (χ0) is 17.5. The van der Waals surface area contributed by atoms with Crippen LogP contribution in [0, 0.1) is 0 Å². The molecule has 0 aromatic heterocycles. The van der Waals surface area contributed by atoms with E-state index in [4.69, 9.17) is 16.7 Å². The highest BCUT2D eigenvalue weighted by Crippen LogP contribution is 2.20. The van der Waals surface area contributed by atoms with E-state index >= 15 is 0 Å². The van der Waals surface area contributed by atoms with Gasteiger partial charge in [0.2, 0.25) is 5.91 Å². The molecule has 0 bridgehead atoms. The summed E-state index contributed by atoms with van der Waals surface area (Å²) >= 11 is 5.97. The molecule has 1 N–H and O–H groups in total. The summed E-state index contributed by atoms with van der Waals surface area (Å²) in [6, 6.07) is 14.3. The SMILES string of the molecule is C=Cc1cc(Cl)ccc1CC(=O)N(CCC(=O)O)c1ccccc1. The van der Waals surface area contributed by atoms with Crippen molar-refractivity contribution in [3.63, 3.8) is 0 Å². The van der Waals surface area contributed by atoms with Crippen molar-refractivity contribution in [3.05, 3.63) is 71.3 Å². The van der Waals surface area contributed by atoms with Crippen molar-refractivity contribution in [2.75, 3.05) is 11.4 Å². The Balaban J connectivity index is 2.24. The summed E-state index contributed by atoms with van der Waals surface area (Å²) in [5.74, 6) is -1.12. The molecule has 0 heterocycles. The number of benzene rings is 2. The zero-order valence-electron chi connectivity index (χ0n) is 13.1. The first-order valence-electron chi connectivity index (χ1n) is 7.49. The Kier molecular flexibility index (Phi) is 6.15. The number of hydrogen-bond donors (Lipinski definition) is 1. The van der Waals surface area contributed by atoms with Gasteiger partial charge in [-0.25, -0.2) is 0 Å². The van der Waals surface area contributed by atoms with Crippen molar-refractivity contribution in [2.45, 2.75) is 12.8 Å². The molecular weight excluding hydrogens is 326 g/mol. The first kappa shape index (κ1) is 17.8. The molecule has 0 aliphatic heterocycles. The number of carbonyl (C=O) groups excluding carboxylic acids is 1. The summed E-state index contributed by atoms with van der Waals surface area (Å²) in [7, 11) is 0. The minimum absolute atomic E-state index is 0.116. The number of amides is 1. The van der Waals surface area contributed by atoms with Crippen LogP contribution >= 0.6 is 11.6 Å². The molecule has 4 nitrogen and oxygen atoms in total. The molecule has 0 spiro atoms. The van der Waals surface area contributed by atoms with E-state index in [0.29, 0.717) is 10.7 Å². The fraction of sp³-hybridized carbons (Fsp3) is 0.158. The molecule has 0 radical (unpaired) electrons. The van der Waals surface area contributed by atoms with E-state index in [2.05, 4.69) is 6.58 Å². The van der Waals surface area contributed by atoms with Gasteiger partial charge in [0.25, 0.3) is 0 Å². The number of carbonyl (C=O) groups is 2. The maximum atomic E-state index is 12.7. The molecule has 0 aliphatic carbocycles. The fourth-order valence-corrected chi connectivity index (χ4v) is 2.57. The standard InChI is InChI=1S/C19H18ClNO3/c1-2-14-12-16(20)9-8-15(14)13-18(22)21(11-10-19(23)24)17-6-4-3-5-7-17/h2-9,12H,1,10-11,13H2,(H,23,24). The Morgan fingerprint density at radius 3 is 2.50 bits per heavy atom. The second-order valence-electron chi connectivity index (χ2n) is 5.25. The van der Waals surface area contributed by atoms with Crippen LogP contribution in [0.25, 0.3) is 6.08 Å². The summed E-state index contributed by atoms with van der Waals surface area (Å²) in [5, 5.41) is 9.50. The highest BCUT2D eigenvalue weighted by Gasteiger charge is 2.18. The van der Waals surface area contributed by atoms with Gasteiger partial charge in [-0.1, -0.05) is 48.5 Å². The van der Waals surface area contributed by atoms with Gasteiger partial charge >= 0.3 is 5.97 Å². The molecule has 0 fully saturated rings. The Morgan fingerprint density at radius 2 is 1.88 bits per heavy atom. The van der Waals surface area contributed by atoms with Gasteiger partial charge in [0.15, 0.2) is 0 Å². The highest BCUT2D eigenvalue weighted by molar-refractivity contribution is 6.30. The minimum Gasteiger partial charge on any atom is -0.481 e. The maximum absolute atomic E-state index is 12.7. The third-order valence-electron chi connectivity index (χ3n) is 3.59. The van der Waals surface area contributed by atoms with Crippen LogP contribution in [0.4, 0.5) is 5.69 Å². The van der Waals surface area contributed by atoms with Crippen LogP contribution in [0.3, 0.4) is 0 Å². The van der Waals surface area contributed by atoms with Crippen LogP contribution in [0.5, 0.6) is 0 Å². The quantitative estimate of drug-likeness (QED) is 0.825. The third-order valence-corrected chi connectivity index (χ3v) is 3.82. The van der Waals surface area contributed by atoms with Crippen molar-refractivity contribution < 1.29 is 14.7 Å². The van der Waals surface area contributed by atoms with Crippen LogP contribution in [0.1, 0.15) is 17.5 Å². The van der Waals surface area contributed by atoms with E-state index in [1.807, 2.05) is 18.2 Å². The predicted molar refractivity (Wildman–Crippen MR) is 96.3 cm³/mol. The number of para-hydroxylation sites is 1. The van der Waals surface area contributed by atoms with Crippen molar-refractivity contribution in [1.82, 2.24) is 0 Å². The Bertz CT molecular complexity index is 744. The highest BCUT2D eigenvalue weighted by atomic mass is 35.5. The molecule has 2 rings (SSSR count). The first-order chi connectivity index (χ1) is 11.5. The van der Waals surface area contributed by atoms with E-state index in [1.165, 1.54) is 4.90 Å². The molecule has 24 heavy (non-hydrogen) atoms.